The summed E-state index contributed by atoms with van der Waals surface area (Å²) in [6.45, 7) is 4.37. The molecule has 0 radical (unpaired) electrons. The first-order chi connectivity index (χ1) is 8.26. The molecule has 17 heavy (non-hydrogen) atoms. The van der Waals surface area contributed by atoms with E-state index < -0.39 is 0 Å². The molecule has 1 heterocycles. The molecule has 0 bridgehead atoms. The molecule has 0 saturated heterocycles. The average molecular weight is 231 g/mol. The fourth-order valence-corrected chi connectivity index (χ4v) is 2.00. The number of benzene rings is 1. The summed E-state index contributed by atoms with van der Waals surface area (Å²) in [6.07, 6.45) is 4.13. The average Bonchev–Trinajstić information content (AvgIpc) is 2.73. The molecule has 90 valence electrons. The molecule has 0 spiro atoms. The Labute approximate surface area is 101 Å². The first kappa shape index (κ1) is 11.7. The van der Waals surface area contributed by atoms with Crippen LogP contribution in [-0.2, 0) is 11.2 Å². The molecule has 3 heteroatoms. The summed E-state index contributed by atoms with van der Waals surface area (Å²) in [5, 5.41) is 1.12. The third-order valence-corrected chi connectivity index (χ3v) is 2.80. The zero-order valence-electron chi connectivity index (χ0n) is 10.2. The number of ether oxygens (including phenoxy) is 1. The molecule has 0 aliphatic rings. The van der Waals surface area contributed by atoms with Crippen molar-refractivity contribution < 1.29 is 9.53 Å². The normalized spacial score (nSPS) is 10.7. The van der Waals surface area contributed by atoms with Crippen LogP contribution in [0.5, 0.6) is 0 Å². The van der Waals surface area contributed by atoms with Gasteiger partial charge in [0.1, 0.15) is 0 Å². The van der Waals surface area contributed by atoms with E-state index in [2.05, 4.69) is 11.9 Å². The topological polar surface area (TPSA) is 42.1 Å². The summed E-state index contributed by atoms with van der Waals surface area (Å²) < 4.78 is 5.00. The van der Waals surface area contributed by atoms with Crippen LogP contribution in [0.2, 0.25) is 0 Å². The number of H-pyrrole nitrogens is 1. The van der Waals surface area contributed by atoms with Crippen molar-refractivity contribution in [3.63, 3.8) is 0 Å². The molecule has 2 aromatic rings. The lowest BCUT2D eigenvalue weighted by molar-refractivity contribution is 0.0526. The first-order valence-electron chi connectivity index (χ1n) is 6.03. The predicted octanol–water partition coefficient (Wildman–Crippen LogP) is 3.30. The summed E-state index contributed by atoms with van der Waals surface area (Å²) in [5.74, 6) is -0.252. The maximum atomic E-state index is 11.6. The second-order valence-electron chi connectivity index (χ2n) is 4.04. The molecular weight excluding hydrogens is 214 g/mol. The molecule has 0 unspecified atom stereocenters. The van der Waals surface area contributed by atoms with Gasteiger partial charge in [-0.25, -0.2) is 4.79 Å². The van der Waals surface area contributed by atoms with Gasteiger partial charge in [0.25, 0.3) is 0 Å². The highest BCUT2D eigenvalue weighted by Crippen LogP contribution is 2.21. The highest BCUT2D eigenvalue weighted by atomic mass is 16.5. The number of aryl methyl sites for hydroxylation is 1. The highest BCUT2D eigenvalue weighted by Gasteiger charge is 2.09. The summed E-state index contributed by atoms with van der Waals surface area (Å²) in [5.41, 5.74) is 2.95. The van der Waals surface area contributed by atoms with Crippen LogP contribution in [0.25, 0.3) is 10.9 Å². The van der Waals surface area contributed by atoms with Crippen molar-refractivity contribution in [2.75, 3.05) is 6.61 Å². The van der Waals surface area contributed by atoms with Crippen LogP contribution in [0.4, 0.5) is 0 Å². The summed E-state index contributed by atoms with van der Waals surface area (Å²) in [4.78, 5) is 14.9. The Morgan fingerprint density at radius 2 is 2.18 bits per heavy atom. The van der Waals surface area contributed by atoms with Crippen molar-refractivity contribution >= 4 is 16.9 Å². The van der Waals surface area contributed by atoms with E-state index in [1.807, 2.05) is 25.3 Å². The van der Waals surface area contributed by atoms with Gasteiger partial charge in [-0.15, -0.1) is 0 Å². The van der Waals surface area contributed by atoms with Gasteiger partial charge in [-0.2, -0.15) is 0 Å². The van der Waals surface area contributed by atoms with Crippen molar-refractivity contribution in [3.8, 4) is 0 Å². The van der Waals surface area contributed by atoms with E-state index >= 15 is 0 Å². The van der Waals surface area contributed by atoms with Crippen LogP contribution in [-0.4, -0.2) is 17.6 Å². The van der Waals surface area contributed by atoms with Crippen LogP contribution in [0.3, 0.4) is 0 Å². The van der Waals surface area contributed by atoms with E-state index in [-0.39, 0.29) is 5.97 Å². The Bertz CT molecular complexity index is 528. The minimum Gasteiger partial charge on any atom is -0.462 e. The quantitative estimate of drug-likeness (QED) is 0.820. The molecule has 0 aliphatic heterocycles. The minimum atomic E-state index is -0.252. The number of esters is 1. The fourth-order valence-electron chi connectivity index (χ4n) is 2.00. The van der Waals surface area contributed by atoms with E-state index in [9.17, 15) is 4.79 Å². The van der Waals surface area contributed by atoms with Gasteiger partial charge in [0.15, 0.2) is 0 Å². The lowest BCUT2D eigenvalue weighted by Crippen LogP contribution is -2.04. The number of rotatable bonds is 4. The summed E-state index contributed by atoms with van der Waals surface area (Å²) in [6, 6.07) is 5.64. The van der Waals surface area contributed by atoms with Crippen molar-refractivity contribution in [2.24, 2.45) is 0 Å². The molecule has 1 N–H and O–H groups in total. The summed E-state index contributed by atoms with van der Waals surface area (Å²) >= 11 is 0. The smallest absolute Gasteiger partial charge is 0.338 e. The Morgan fingerprint density at radius 3 is 2.88 bits per heavy atom. The summed E-state index contributed by atoms with van der Waals surface area (Å²) in [7, 11) is 0. The largest absolute Gasteiger partial charge is 0.462 e. The number of hydrogen-bond donors (Lipinski definition) is 1. The Hall–Kier alpha value is -1.77. The molecule has 1 aromatic heterocycles. The first-order valence-corrected chi connectivity index (χ1v) is 6.03. The van der Waals surface area contributed by atoms with Crippen molar-refractivity contribution in [2.45, 2.75) is 26.7 Å². The number of carbonyl (C=O) groups is 1. The molecule has 0 saturated carbocycles. The lowest BCUT2D eigenvalue weighted by atomic mass is 10.1. The predicted molar refractivity (Wildman–Crippen MR) is 68.3 cm³/mol. The Morgan fingerprint density at radius 1 is 1.35 bits per heavy atom. The number of aromatic nitrogens is 1. The zero-order chi connectivity index (χ0) is 12.3. The van der Waals surface area contributed by atoms with Gasteiger partial charge < -0.3 is 9.72 Å². The maximum absolute atomic E-state index is 11.6. The van der Waals surface area contributed by atoms with Gasteiger partial charge in [-0.05, 0) is 37.1 Å². The molecule has 0 aliphatic carbocycles. The van der Waals surface area contributed by atoms with Crippen LogP contribution >= 0.6 is 0 Å². The third-order valence-electron chi connectivity index (χ3n) is 2.80. The van der Waals surface area contributed by atoms with Crippen LogP contribution < -0.4 is 0 Å². The van der Waals surface area contributed by atoms with Gasteiger partial charge in [0, 0.05) is 17.1 Å². The number of fused-ring (bicyclic) bond motifs is 1. The van der Waals surface area contributed by atoms with E-state index in [0.717, 1.165) is 23.7 Å². The maximum Gasteiger partial charge on any atom is 0.338 e. The number of aromatic amines is 1. The minimum absolute atomic E-state index is 0.252. The van der Waals surface area contributed by atoms with Gasteiger partial charge >= 0.3 is 5.97 Å². The lowest BCUT2D eigenvalue weighted by Gasteiger charge is -2.02. The SMILES string of the molecule is CCCc1c[nH]c2ccc(C(=O)OCC)cc12. The standard InChI is InChI=1S/C14H17NO2/c1-3-5-11-9-15-13-7-6-10(8-12(11)13)14(16)17-4-2/h6-9,15H,3-5H2,1-2H3. The van der Waals surface area contributed by atoms with Gasteiger partial charge in [0.05, 0.1) is 12.2 Å². The van der Waals surface area contributed by atoms with Gasteiger partial charge in [-0.3, -0.25) is 0 Å². The third kappa shape index (κ3) is 2.33. The molecule has 0 fully saturated rings. The molecule has 1 aromatic carbocycles. The van der Waals surface area contributed by atoms with Crippen LogP contribution in [0.15, 0.2) is 24.4 Å². The fraction of sp³-hybridized carbons (Fsp3) is 0.357. The van der Waals surface area contributed by atoms with Crippen LogP contribution in [0, 0.1) is 0 Å². The van der Waals surface area contributed by atoms with Crippen molar-refractivity contribution in [3.05, 3.63) is 35.5 Å². The monoisotopic (exact) mass is 231 g/mol. The molecule has 3 nitrogen and oxygen atoms in total. The number of hydrogen-bond acceptors (Lipinski definition) is 2. The van der Waals surface area contributed by atoms with Gasteiger partial charge in [0.2, 0.25) is 0 Å². The molecule has 0 atom stereocenters. The number of carbonyl (C=O) groups excluding carboxylic acids is 1. The van der Waals surface area contributed by atoms with E-state index in [4.69, 9.17) is 4.74 Å². The second-order valence-corrected chi connectivity index (χ2v) is 4.04. The van der Waals surface area contributed by atoms with E-state index in [0.29, 0.717) is 12.2 Å². The molecule has 0 amide bonds. The highest BCUT2D eigenvalue weighted by molar-refractivity contribution is 5.95. The Kier molecular flexibility index (Phi) is 3.47. The van der Waals surface area contributed by atoms with E-state index in [1.165, 1.54) is 5.56 Å². The van der Waals surface area contributed by atoms with E-state index in [1.54, 1.807) is 6.07 Å². The number of nitrogens with one attached hydrogen (secondary N) is 1. The van der Waals surface area contributed by atoms with Gasteiger partial charge in [-0.1, -0.05) is 13.3 Å². The molecular formula is C14H17NO2. The second kappa shape index (κ2) is 5.04. The van der Waals surface area contributed by atoms with Crippen molar-refractivity contribution in [1.82, 2.24) is 4.98 Å². The van der Waals surface area contributed by atoms with Crippen LogP contribution in [0.1, 0.15) is 36.2 Å². The molecule has 2 rings (SSSR count). The zero-order valence-corrected chi connectivity index (χ0v) is 10.2. The Balaban J connectivity index is 2.40. The van der Waals surface area contributed by atoms with Crippen molar-refractivity contribution in [1.29, 1.82) is 0 Å².